The molecule has 0 aliphatic carbocycles. The van der Waals surface area contributed by atoms with Gasteiger partial charge in [-0.15, -0.1) is 6.58 Å². The summed E-state index contributed by atoms with van der Waals surface area (Å²) in [4.78, 5) is 10.1. The highest BCUT2D eigenvalue weighted by molar-refractivity contribution is 5.44. The van der Waals surface area contributed by atoms with Crippen LogP contribution in [0.1, 0.15) is 12.0 Å². The molecule has 1 aromatic carbocycles. The van der Waals surface area contributed by atoms with Crippen molar-refractivity contribution >= 4 is 5.69 Å². The van der Waals surface area contributed by atoms with Gasteiger partial charge in [0.15, 0.2) is 0 Å². The number of nitro benzene ring substituents is 1. The summed E-state index contributed by atoms with van der Waals surface area (Å²) in [5, 5.41) is 10.5. The maximum absolute atomic E-state index is 10.5. The Morgan fingerprint density at radius 1 is 1.60 bits per heavy atom. The largest absolute Gasteiger partial charge is 0.493 e. The minimum atomic E-state index is -0.400. The summed E-state index contributed by atoms with van der Waals surface area (Å²) in [5.74, 6) is 0.653. The Hall–Kier alpha value is -1.84. The van der Waals surface area contributed by atoms with Crippen molar-refractivity contribution in [1.82, 2.24) is 0 Å². The van der Waals surface area contributed by atoms with Crippen LogP contribution in [0.3, 0.4) is 0 Å². The topological polar surface area (TPSA) is 52.4 Å². The smallest absolute Gasteiger partial charge is 0.272 e. The highest BCUT2D eigenvalue weighted by Gasteiger charge is 2.10. The molecule has 0 fully saturated rings. The number of aryl methyl sites for hydroxylation is 1. The molecule has 4 nitrogen and oxygen atoms in total. The highest BCUT2D eigenvalue weighted by atomic mass is 16.6. The predicted molar refractivity (Wildman–Crippen MR) is 58.1 cm³/mol. The van der Waals surface area contributed by atoms with Crippen molar-refractivity contribution in [3.63, 3.8) is 0 Å². The maximum Gasteiger partial charge on any atom is 0.272 e. The molecular weight excluding hydrogens is 194 g/mol. The summed E-state index contributed by atoms with van der Waals surface area (Å²) in [6.07, 6.45) is 2.52. The Bertz CT molecular complexity index is 374. The van der Waals surface area contributed by atoms with Crippen molar-refractivity contribution in [3.8, 4) is 5.75 Å². The van der Waals surface area contributed by atoms with E-state index in [-0.39, 0.29) is 5.69 Å². The summed E-state index contributed by atoms with van der Waals surface area (Å²) in [6.45, 7) is 5.81. The molecule has 0 saturated carbocycles. The Morgan fingerprint density at radius 3 is 2.87 bits per heavy atom. The minimum Gasteiger partial charge on any atom is -0.493 e. The zero-order valence-electron chi connectivity index (χ0n) is 8.60. The molecule has 0 aliphatic heterocycles. The second-order valence-electron chi connectivity index (χ2n) is 3.13. The van der Waals surface area contributed by atoms with Gasteiger partial charge in [0.05, 0.1) is 11.5 Å². The van der Waals surface area contributed by atoms with Gasteiger partial charge in [-0.25, -0.2) is 0 Å². The van der Waals surface area contributed by atoms with Crippen LogP contribution in [0.4, 0.5) is 5.69 Å². The molecule has 0 atom stereocenters. The van der Waals surface area contributed by atoms with E-state index >= 15 is 0 Å². The minimum absolute atomic E-state index is 0.117. The van der Waals surface area contributed by atoms with Gasteiger partial charge in [-0.3, -0.25) is 10.1 Å². The zero-order chi connectivity index (χ0) is 11.3. The number of benzene rings is 1. The lowest BCUT2D eigenvalue weighted by Gasteiger charge is -2.05. The molecular formula is C11H13NO3. The number of nitro groups is 1. The van der Waals surface area contributed by atoms with E-state index in [4.69, 9.17) is 4.74 Å². The van der Waals surface area contributed by atoms with Gasteiger partial charge in [0.2, 0.25) is 0 Å². The average Bonchev–Trinajstić information content (AvgIpc) is 2.17. The SMILES string of the molecule is C=CCCOc1ccc([N+](=O)[O-])c(C)c1. The molecule has 0 radical (unpaired) electrons. The molecule has 0 spiro atoms. The maximum atomic E-state index is 10.5. The Balaban J connectivity index is 2.73. The van der Waals surface area contributed by atoms with Gasteiger partial charge in [-0.05, 0) is 25.5 Å². The van der Waals surface area contributed by atoms with Crippen molar-refractivity contribution in [2.45, 2.75) is 13.3 Å². The number of hydrogen-bond donors (Lipinski definition) is 0. The van der Waals surface area contributed by atoms with Crippen LogP contribution >= 0.6 is 0 Å². The predicted octanol–water partition coefficient (Wildman–Crippen LogP) is 2.86. The molecule has 1 rings (SSSR count). The summed E-state index contributed by atoms with van der Waals surface area (Å²) < 4.78 is 5.37. The van der Waals surface area contributed by atoms with Gasteiger partial charge in [0.25, 0.3) is 5.69 Å². The first kappa shape index (κ1) is 11.2. The van der Waals surface area contributed by atoms with Crippen LogP contribution < -0.4 is 4.74 Å². The number of rotatable bonds is 5. The van der Waals surface area contributed by atoms with Gasteiger partial charge in [0, 0.05) is 11.6 Å². The standard InChI is InChI=1S/C11H13NO3/c1-3-4-7-15-10-5-6-11(12(13)14)9(2)8-10/h3,5-6,8H,1,4,7H2,2H3. The zero-order valence-corrected chi connectivity index (χ0v) is 8.60. The fraction of sp³-hybridized carbons (Fsp3) is 0.273. The van der Waals surface area contributed by atoms with Gasteiger partial charge in [0.1, 0.15) is 5.75 Å². The third kappa shape index (κ3) is 3.09. The molecule has 15 heavy (non-hydrogen) atoms. The van der Waals surface area contributed by atoms with E-state index in [1.807, 2.05) is 0 Å². The van der Waals surface area contributed by atoms with E-state index in [2.05, 4.69) is 6.58 Å². The third-order valence-electron chi connectivity index (χ3n) is 1.96. The second-order valence-corrected chi connectivity index (χ2v) is 3.13. The monoisotopic (exact) mass is 207 g/mol. The van der Waals surface area contributed by atoms with Crippen molar-refractivity contribution in [2.24, 2.45) is 0 Å². The van der Waals surface area contributed by atoms with E-state index in [9.17, 15) is 10.1 Å². The molecule has 0 aromatic heterocycles. The molecule has 0 bridgehead atoms. The van der Waals surface area contributed by atoms with Gasteiger partial charge < -0.3 is 4.74 Å². The van der Waals surface area contributed by atoms with Gasteiger partial charge >= 0.3 is 0 Å². The lowest BCUT2D eigenvalue weighted by molar-refractivity contribution is -0.385. The van der Waals surface area contributed by atoms with Crippen molar-refractivity contribution in [2.75, 3.05) is 6.61 Å². The number of nitrogens with zero attached hydrogens (tertiary/aromatic N) is 1. The van der Waals surface area contributed by atoms with Gasteiger partial charge in [-0.1, -0.05) is 6.08 Å². The van der Waals surface area contributed by atoms with Crippen LogP contribution in [0.25, 0.3) is 0 Å². The van der Waals surface area contributed by atoms with E-state index in [0.29, 0.717) is 17.9 Å². The fourth-order valence-corrected chi connectivity index (χ4v) is 1.18. The summed E-state index contributed by atoms with van der Waals surface area (Å²) in [6, 6.07) is 4.73. The first-order chi connectivity index (χ1) is 7.15. The molecule has 4 heteroatoms. The third-order valence-corrected chi connectivity index (χ3v) is 1.96. The van der Waals surface area contributed by atoms with Crippen LogP contribution in [0.5, 0.6) is 5.75 Å². The summed E-state index contributed by atoms with van der Waals surface area (Å²) in [7, 11) is 0. The average molecular weight is 207 g/mol. The molecule has 0 N–H and O–H groups in total. The molecule has 0 amide bonds. The Labute approximate surface area is 88.3 Å². The van der Waals surface area contributed by atoms with E-state index < -0.39 is 4.92 Å². The number of ether oxygens (including phenoxy) is 1. The molecule has 0 aliphatic rings. The van der Waals surface area contributed by atoms with Crippen LogP contribution in [-0.2, 0) is 0 Å². The fourth-order valence-electron chi connectivity index (χ4n) is 1.18. The molecule has 80 valence electrons. The first-order valence-corrected chi connectivity index (χ1v) is 4.64. The molecule has 0 unspecified atom stereocenters. The van der Waals surface area contributed by atoms with Crippen molar-refractivity contribution < 1.29 is 9.66 Å². The van der Waals surface area contributed by atoms with Gasteiger partial charge in [-0.2, -0.15) is 0 Å². The normalized spacial score (nSPS) is 9.67. The highest BCUT2D eigenvalue weighted by Crippen LogP contribution is 2.22. The second kappa shape index (κ2) is 5.14. The summed E-state index contributed by atoms with van der Waals surface area (Å²) in [5.41, 5.74) is 0.724. The van der Waals surface area contributed by atoms with Crippen LogP contribution in [0.2, 0.25) is 0 Å². The van der Waals surface area contributed by atoms with E-state index in [0.717, 1.165) is 6.42 Å². The summed E-state index contributed by atoms with van der Waals surface area (Å²) >= 11 is 0. The van der Waals surface area contributed by atoms with Crippen LogP contribution in [-0.4, -0.2) is 11.5 Å². The molecule has 0 heterocycles. The first-order valence-electron chi connectivity index (χ1n) is 4.64. The van der Waals surface area contributed by atoms with Crippen LogP contribution in [0, 0.1) is 17.0 Å². The molecule has 1 aromatic rings. The van der Waals surface area contributed by atoms with Crippen molar-refractivity contribution in [1.29, 1.82) is 0 Å². The Kier molecular flexibility index (Phi) is 3.85. The van der Waals surface area contributed by atoms with Crippen LogP contribution in [0.15, 0.2) is 30.9 Å². The van der Waals surface area contributed by atoms with E-state index in [1.165, 1.54) is 6.07 Å². The number of hydrogen-bond acceptors (Lipinski definition) is 3. The quantitative estimate of drug-likeness (QED) is 0.323. The van der Waals surface area contributed by atoms with Crippen molar-refractivity contribution in [3.05, 3.63) is 46.5 Å². The molecule has 0 saturated heterocycles. The lowest BCUT2D eigenvalue weighted by Crippen LogP contribution is -1.97. The lowest BCUT2D eigenvalue weighted by atomic mass is 10.2. The van der Waals surface area contributed by atoms with E-state index in [1.54, 1.807) is 25.1 Å². The Morgan fingerprint density at radius 2 is 2.33 bits per heavy atom.